The van der Waals surface area contributed by atoms with Crippen LogP contribution in [0.15, 0.2) is 18.2 Å². The number of hydrogen-bond donors (Lipinski definition) is 1. The molecular weight excluding hydrogens is 337 g/mol. The molecule has 1 aromatic heterocycles. The van der Waals surface area contributed by atoms with Gasteiger partial charge in [0, 0.05) is 17.1 Å². The summed E-state index contributed by atoms with van der Waals surface area (Å²) in [4.78, 5) is 12.7. The van der Waals surface area contributed by atoms with Crippen LogP contribution in [0.3, 0.4) is 0 Å². The van der Waals surface area contributed by atoms with Crippen molar-refractivity contribution in [1.82, 2.24) is 15.1 Å². The van der Waals surface area contributed by atoms with Gasteiger partial charge in [0.2, 0.25) is 0 Å². The fourth-order valence-corrected chi connectivity index (χ4v) is 3.28. The molecule has 5 nitrogen and oxygen atoms in total. The number of carbonyl (C=O) groups excluding carboxylic acids is 1. The second kappa shape index (κ2) is 6.42. The largest absolute Gasteiger partial charge is 0.489 e. The number of rotatable bonds is 4. The van der Waals surface area contributed by atoms with E-state index >= 15 is 0 Å². The highest BCUT2D eigenvalue weighted by molar-refractivity contribution is 6.32. The topological polar surface area (TPSA) is 56.2 Å². The van der Waals surface area contributed by atoms with Crippen LogP contribution in [0.25, 0.3) is 0 Å². The van der Waals surface area contributed by atoms with Gasteiger partial charge in [0.05, 0.1) is 28.9 Å². The van der Waals surface area contributed by atoms with Crippen molar-refractivity contribution in [1.29, 1.82) is 0 Å². The van der Waals surface area contributed by atoms with E-state index < -0.39 is 0 Å². The number of hydrogen-bond acceptors (Lipinski definition) is 3. The number of aryl methyl sites for hydroxylation is 2. The molecule has 1 aliphatic heterocycles. The molecule has 0 saturated carbocycles. The quantitative estimate of drug-likeness (QED) is 0.858. The molecule has 0 fully saturated rings. The number of benzene rings is 1. The molecular formula is C16H17Cl2N3O2. The van der Waals surface area contributed by atoms with Gasteiger partial charge in [-0.2, -0.15) is 5.10 Å². The van der Waals surface area contributed by atoms with Crippen molar-refractivity contribution in [2.24, 2.45) is 0 Å². The summed E-state index contributed by atoms with van der Waals surface area (Å²) >= 11 is 11.9. The van der Waals surface area contributed by atoms with E-state index in [0.29, 0.717) is 41.1 Å². The van der Waals surface area contributed by atoms with Gasteiger partial charge in [0.25, 0.3) is 5.91 Å². The number of amides is 1. The number of alkyl halides is 1. The Morgan fingerprint density at radius 3 is 3.00 bits per heavy atom. The molecule has 1 unspecified atom stereocenters. The summed E-state index contributed by atoms with van der Waals surface area (Å²) in [6.07, 6.45) is 0. The first-order valence-corrected chi connectivity index (χ1v) is 8.26. The maximum absolute atomic E-state index is 12.7. The second-order valence-electron chi connectivity index (χ2n) is 5.45. The highest BCUT2D eigenvalue weighted by Crippen LogP contribution is 2.38. The first-order valence-electron chi connectivity index (χ1n) is 7.35. The first-order chi connectivity index (χ1) is 11.0. The van der Waals surface area contributed by atoms with Gasteiger partial charge in [-0.05, 0) is 19.9 Å². The van der Waals surface area contributed by atoms with Crippen LogP contribution in [0.5, 0.6) is 5.75 Å². The maximum atomic E-state index is 12.7. The summed E-state index contributed by atoms with van der Waals surface area (Å²) in [7, 11) is 0. The Morgan fingerprint density at radius 2 is 2.26 bits per heavy atom. The van der Waals surface area contributed by atoms with Crippen LogP contribution >= 0.6 is 23.2 Å². The van der Waals surface area contributed by atoms with Gasteiger partial charge in [0.15, 0.2) is 0 Å². The predicted octanol–water partition coefficient (Wildman–Crippen LogP) is 3.26. The Kier molecular flexibility index (Phi) is 4.50. The van der Waals surface area contributed by atoms with Crippen molar-refractivity contribution < 1.29 is 9.53 Å². The van der Waals surface area contributed by atoms with Crippen LogP contribution in [0.4, 0.5) is 0 Å². The highest BCUT2D eigenvalue weighted by atomic mass is 35.5. The molecule has 7 heteroatoms. The van der Waals surface area contributed by atoms with Gasteiger partial charge in [-0.25, -0.2) is 0 Å². The average Bonchev–Trinajstić information content (AvgIpc) is 3.03. The zero-order chi connectivity index (χ0) is 16.6. The Bertz CT molecular complexity index is 758. The highest BCUT2D eigenvalue weighted by Gasteiger charge is 2.29. The third kappa shape index (κ3) is 2.91. The third-order valence-electron chi connectivity index (χ3n) is 3.98. The Balaban J connectivity index is 1.83. The number of nitrogens with zero attached hydrogens (tertiary/aromatic N) is 2. The predicted molar refractivity (Wildman–Crippen MR) is 89.6 cm³/mol. The molecule has 122 valence electrons. The number of fused-ring (bicyclic) bond motifs is 1. The van der Waals surface area contributed by atoms with Crippen molar-refractivity contribution in [2.45, 2.75) is 26.4 Å². The van der Waals surface area contributed by atoms with Crippen molar-refractivity contribution in [3.8, 4) is 5.75 Å². The van der Waals surface area contributed by atoms with E-state index in [0.717, 1.165) is 11.3 Å². The molecule has 1 aromatic carbocycles. The maximum Gasteiger partial charge on any atom is 0.255 e. The van der Waals surface area contributed by atoms with E-state index in [1.54, 1.807) is 10.7 Å². The molecule has 23 heavy (non-hydrogen) atoms. The second-order valence-corrected chi connectivity index (χ2v) is 6.24. The molecule has 0 spiro atoms. The minimum Gasteiger partial charge on any atom is -0.489 e. The van der Waals surface area contributed by atoms with Crippen LogP contribution in [0.2, 0.25) is 5.02 Å². The van der Waals surface area contributed by atoms with E-state index in [1.165, 1.54) is 0 Å². The van der Waals surface area contributed by atoms with Crippen molar-refractivity contribution in [2.75, 3.05) is 12.5 Å². The van der Waals surface area contributed by atoms with Gasteiger partial charge >= 0.3 is 0 Å². The van der Waals surface area contributed by atoms with E-state index in [1.807, 2.05) is 26.0 Å². The molecule has 0 aliphatic carbocycles. The summed E-state index contributed by atoms with van der Waals surface area (Å²) in [5.41, 5.74) is 2.99. The fraction of sp³-hybridized carbons (Fsp3) is 0.375. The molecule has 3 rings (SSSR count). The van der Waals surface area contributed by atoms with Gasteiger partial charge in [-0.15, -0.1) is 11.6 Å². The molecule has 0 bridgehead atoms. The summed E-state index contributed by atoms with van der Waals surface area (Å²) in [6.45, 7) is 4.64. The van der Waals surface area contributed by atoms with Crippen molar-refractivity contribution in [3.05, 3.63) is 45.7 Å². The van der Waals surface area contributed by atoms with Crippen LogP contribution in [0.1, 0.15) is 33.4 Å². The number of ether oxygens (including phenoxy) is 1. The number of nitrogens with one attached hydrogen (secondary N) is 1. The van der Waals surface area contributed by atoms with Crippen molar-refractivity contribution >= 4 is 29.1 Å². The molecule has 1 atom stereocenters. The lowest BCUT2D eigenvalue weighted by Crippen LogP contribution is -2.30. The van der Waals surface area contributed by atoms with Gasteiger partial charge in [0.1, 0.15) is 12.4 Å². The zero-order valence-corrected chi connectivity index (χ0v) is 14.4. The molecule has 2 aromatic rings. The third-order valence-corrected chi connectivity index (χ3v) is 4.44. The van der Waals surface area contributed by atoms with Crippen LogP contribution < -0.4 is 10.1 Å². The van der Waals surface area contributed by atoms with E-state index in [-0.39, 0.29) is 11.9 Å². The smallest absolute Gasteiger partial charge is 0.255 e. The van der Waals surface area contributed by atoms with Crippen LogP contribution in [-0.4, -0.2) is 28.2 Å². The monoisotopic (exact) mass is 353 g/mol. The summed E-state index contributed by atoms with van der Waals surface area (Å²) < 4.78 is 7.36. The zero-order valence-electron chi connectivity index (χ0n) is 12.9. The van der Waals surface area contributed by atoms with Crippen molar-refractivity contribution in [3.63, 3.8) is 0 Å². The van der Waals surface area contributed by atoms with E-state index in [9.17, 15) is 4.79 Å². The van der Waals surface area contributed by atoms with Crippen LogP contribution in [-0.2, 0) is 6.54 Å². The van der Waals surface area contributed by atoms with Gasteiger partial charge in [-0.1, -0.05) is 23.7 Å². The van der Waals surface area contributed by atoms with Crippen LogP contribution in [0, 0.1) is 13.8 Å². The molecule has 0 saturated heterocycles. The molecule has 2 heterocycles. The number of halogens is 2. The lowest BCUT2D eigenvalue weighted by Gasteiger charge is -2.12. The van der Waals surface area contributed by atoms with Gasteiger partial charge < -0.3 is 10.1 Å². The summed E-state index contributed by atoms with van der Waals surface area (Å²) in [5.74, 6) is 0.929. The Hall–Kier alpha value is -1.72. The molecule has 1 aliphatic rings. The van der Waals surface area contributed by atoms with Gasteiger partial charge in [-0.3, -0.25) is 9.48 Å². The normalized spacial score (nSPS) is 16.1. The number of para-hydroxylation sites is 1. The lowest BCUT2D eigenvalue weighted by molar-refractivity contribution is 0.0929. The minimum atomic E-state index is -0.216. The fourth-order valence-electron chi connectivity index (χ4n) is 2.88. The first kappa shape index (κ1) is 16.1. The summed E-state index contributed by atoms with van der Waals surface area (Å²) in [5, 5.41) is 7.94. The molecule has 0 radical (unpaired) electrons. The SMILES string of the molecule is Cc1nn(CCCl)c(C)c1C(=O)NC1COc2c(Cl)cccc21. The average molecular weight is 354 g/mol. The number of aromatic nitrogens is 2. The lowest BCUT2D eigenvalue weighted by atomic mass is 10.1. The Morgan fingerprint density at radius 1 is 1.48 bits per heavy atom. The molecule has 1 amide bonds. The van der Waals surface area contributed by atoms with E-state index in [2.05, 4.69) is 10.4 Å². The summed E-state index contributed by atoms with van der Waals surface area (Å²) in [6, 6.07) is 5.32. The number of carbonyl (C=O) groups is 1. The Labute approximate surface area is 144 Å². The molecule has 1 N–H and O–H groups in total. The van der Waals surface area contributed by atoms with E-state index in [4.69, 9.17) is 27.9 Å². The minimum absolute atomic E-state index is 0.165. The standard InChI is InChI=1S/C16H17Cl2N3O2/c1-9-14(10(2)21(20-9)7-6-17)16(22)19-13-8-23-15-11(13)4-3-5-12(15)18/h3-5,13H,6-8H2,1-2H3,(H,19,22).